The van der Waals surface area contributed by atoms with Gasteiger partial charge in [-0.3, -0.25) is 4.79 Å². The van der Waals surface area contributed by atoms with Crippen LogP contribution in [0, 0.1) is 5.92 Å². The molecule has 0 aliphatic rings. The molecule has 3 N–H and O–H groups in total. The molecule has 0 spiro atoms. The average Bonchev–Trinajstić information content (AvgIpc) is 1.63. The maximum Gasteiger partial charge on any atom is 0.303 e. The van der Waals surface area contributed by atoms with Crippen LogP contribution in [0.15, 0.2) is 0 Å². The van der Waals surface area contributed by atoms with E-state index in [2.05, 4.69) is 4.84 Å². The van der Waals surface area contributed by atoms with Crippen LogP contribution in [0.25, 0.3) is 0 Å². The summed E-state index contributed by atoms with van der Waals surface area (Å²) in [5, 5.41) is 8.21. The van der Waals surface area contributed by atoms with Crippen molar-refractivity contribution in [1.29, 1.82) is 0 Å². The Bertz CT molecular complexity index is 94.2. The molecule has 0 aliphatic carbocycles. The van der Waals surface area contributed by atoms with Crippen LogP contribution in [-0.4, -0.2) is 17.7 Å². The molecule has 9 heavy (non-hydrogen) atoms. The van der Waals surface area contributed by atoms with Crippen LogP contribution in [0.1, 0.15) is 13.3 Å². The Hall–Kier alpha value is -0.610. The lowest BCUT2D eigenvalue weighted by Gasteiger charge is -2.03. The second-order valence-corrected chi connectivity index (χ2v) is 2.04. The first-order chi connectivity index (χ1) is 4.16. The molecule has 0 radical (unpaired) electrons. The van der Waals surface area contributed by atoms with Gasteiger partial charge in [-0.05, 0) is 5.92 Å². The highest BCUT2D eigenvalue weighted by molar-refractivity contribution is 5.66. The van der Waals surface area contributed by atoms with Gasteiger partial charge in [0.25, 0.3) is 0 Å². The number of carboxylic acids is 1. The second kappa shape index (κ2) is 4.29. The molecule has 0 fully saturated rings. The van der Waals surface area contributed by atoms with Crippen LogP contribution >= 0.6 is 0 Å². The van der Waals surface area contributed by atoms with Crippen LogP contribution in [0.5, 0.6) is 0 Å². The quantitative estimate of drug-likeness (QED) is 0.529. The summed E-state index contributed by atoms with van der Waals surface area (Å²) in [5.74, 6) is 3.89. The Kier molecular flexibility index (Phi) is 4.00. The number of rotatable bonds is 4. The van der Waals surface area contributed by atoms with Gasteiger partial charge in [-0.15, -0.1) is 0 Å². The molecule has 0 heterocycles. The summed E-state index contributed by atoms with van der Waals surface area (Å²) in [6, 6.07) is 0. The molecule has 1 unspecified atom stereocenters. The topological polar surface area (TPSA) is 72.5 Å². The molecule has 0 aliphatic heterocycles. The van der Waals surface area contributed by atoms with Crippen molar-refractivity contribution in [1.82, 2.24) is 0 Å². The summed E-state index contributed by atoms with van der Waals surface area (Å²) in [5.41, 5.74) is 0. The fourth-order valence-corrected chi connectivity index (χ4v) is 0.521. The lowest BCUT2D eigenvalue weighted by Crippen LogP contribution is -2.13. The van der Waals surface area contributed by atoms with Gasteiger partial charge >= 0.3 is 5.97 Å². The number of carboxylic acid groups (broad SMARTS) is 1. The number of carbonyl (C=O) groups is 1. The summed E-state index contributed by atoms with van der Waals surface area (Å²) >= 11 is 0. The predicted molar refractivity (Wildman–Crippen MR) is 31.6 cm³/mol. The molecule has 4 heteroatoms. The maximum atomic E-state index is 9.99. The van der Waals surface area contributed by atoms with E-state index < -0.39 is 5.97 Å². The summed E-state index contributed by atoms with van der Waals surface area (Å²) in [6.45, 7) is 2.06. The van der Waals surface area contributed by atoms with Crippen LogP contribution in [0.4, 0.5) is 0 Å². The highest BCUT2D eigenvalue weighted by Gasteiger charge is 2.05. The largest absolute Gasteiger partial charge is 0.481 e. The highest BCUT2D eigenvalue weighted by atomic mass is 16.6. The molecular weight excluding hydrogens is 122 g/mol. The van der Waals surface area contributed by atoms with E-state index in [9.17, 15) is 4.79 Å². The monoisotopic (exact) mass is 133 g/mol. The molecule has 0 aromatic carbocycles. The van der Waals surface area contributed by atoms with Crippen molar-refractivity contribution in [2.24, 2.45) is 11.8 Å². The molecule has 0 aromatic rings. The van der Waals surface area contributed by atoms with Crippen molar-refractivity contribution in [3.05, 3.63) is 0 Å². The normalized spacial score (nSPS) is 13.1. The zero-order valence-electron chi connectivity index (χ0n) is 5.33. The molecule has 1 atom stereocenters. The van der Waals surface area contributed by atoms with Crippen LogP contribution < -0.4 is 5.90 Å². The Morgan fingerprint density at radius 2 is 2.44 bits per heavy atom. The zero-order chi connectivity index (χ0) is 7.28. The second-order valence-electron chi connectivity index (χ2n) is 2.04. The first kappa shape index (κ1) is 8.39. The highest BCUT2D eigenvalue weighted by Crippen LogP contribution is 1.99. The fraction of sp³-hybridized carbons (Fsp3) is 0.800. The van der Waals surface area contributed by atoms with E-state index in [1.165, 1.54) is 0 Å². The number of hydrogen-bond donors (Lipinski definition) is 2. The van der Waals surface area contributed by atoms with Gasteiger partial charge < -0.3 is 9.94 Å². The van der Waals surface area contributed by atoms with Crippen LogP contribution in [0.3, 0.4) is 0 Å². The van der Waals surface area contributed by atoms with E-state index in [1.807, 2.05) is 0 Å². The Morgan fingerprint density at radius 3 is 2.78 bits per heavy atom. The lowest BCUT2D eigenvalue weighted by molar-refractivity contribution is -0.138. The van der Waals surface area contributed by atoms with Gasteiger partial charge in [0, 0.05) is 0 Å². The summed E-state index contributed by atoms with van der Waals surface area (Å²) < 4.78 is 0. The first-order valence-corrected chi connectivity index (χ1v) is 2.70. The Morgan fingerprint density at radius 1 is 1.89 bits per heavy atom. The van der Waals surface area contributed by atoms with E-state index in [1.54, 1.807) is 6.92 Å². The smallest absolute Gasteiger partial charge is 0.303 e. The van der Waals surface area contributed by atoms with Gasteiger partial charge in [0.15, 0.2) is 0 Å². The van der Waals surface area contributed by atoms with Crippen molar-refractivity contribution >= 4 is 5.97 Å². The molecule has 0 saturated heterocycles. The van der Waals surface area contributed by atoms with E-state index in [0.717, 1.165) is 0 Å². The third-order valence-electron chi connectivity index (χ3n) is 0.904. The van der Waals surface area contributed by atoms with Gasteiger partial charge in [-0.25, -0.2) is 5.90 Å². The van der Waals surface area contributed by atoms with Gasteiger partial charge in [0.1, 0.15) is 0 Å². The summed E-state index contributed by atoms with van der Waals surface area (Å²) in [4.78, 5) is 14.2. The van der Waals surface area contributed by atoms with Gasteiger partial charge in [-0.2, -0.15) is 0 Å². The van der Waals surface area contributed by atoms with E-state index in [0.29, 0.717) is 6.61 Å². The fourth-order valence-electron chi connectivity index (χ4n) is 0.521. The van der Waals surface area contributed by atoms with Gasteiger partial charge in [0.2, 0.25) is 0 Å². The van der Waals surface area contributed by atoms with Crippen LogP contribution in [0.2, 0.25) is 0 Å². The zero-order valence-corrected chi connectivity index (χ0v) is 5.33. The number of hydrogen-bond acceptors (Lipinski definition) is 3. The summed E-state index contributed by atoms with van der Waals surface area (Å²) in [6.07, 6.45) is 0.108. The van der Waals surface area contributed by atoms with Crippen molar-refractivity contribution in [2.75, 3.05) is 6.61 Å². The third kappa shape index (κ3) is 5.26. The SMILES string of the molecule is CC(CON)CC(=O)O. The van der Waals surface area contributed by atoms with E-state index in [-0.39, 0.29) is 12.3 Å². The lowest BCUT2D eigenvalue weighted by atomic mass is 10.1. The molecular formula is C5H11NO3. The van der Waals surface area contributed by atoms with E-state index >= 15 is 0 Å². The molecule has 0 rings (SSSR count). The minimum atomic E-state index is -0.820. The predicted octanol–water partition coefficient (Wildman–Crippen LogP) is -0.0125. The molecule has 0 bridgehead atoms. The molecule has 0 aromatic heterocycles. The summed E-state index contributed by atoms with van der Waals surface area (Å²) in [7, 11) is 0. The maximum absolute atomic E-state index is 9.99. The minimum absolute atomic E-state index is 0.00694. The van der Waals surface area contributed by atoms with Crippen molar-refractivity contribution in [3.63, 3.8) is 0 Å². The van der Waals surface area contributed by atoms with Crippen molar-refractivity contribution in [3.8, 4) is 0 Å². The van der Waals surface area contributed by atoms with E-state index in [4.69, 9.17) is 11.0 Å². The third-order valence-corrected chi connectivity index (χ3v) is 0.904. The standard InChI is InChI=1S/C5H11NO3/c1-4(3-9-6)2-5(7)8/h4H,2-3,6H2,1H3,(H,7,8). The average molecular weight is 133 g/mol. The number of nitrogens with two attached hydrogens (primary N) is 1. The molecule has 0 saturated carbocycles. The van der Waals surface area contributed by atoms with Crippen molar-refractivity contribution in [2.45, 2.75) is 13.3 Å². The first-order valence-electron chi connectivity index (χ1n) is 2.70. The van der Waals surface area contributed by atoms with Gasteiger partial charge in [-0.1, -0.05) is 6.92 Å². The van der Waals surface area contributed by atoms with Crippen LogP contribution in [-0.2, 0) is 9.63 Å². The number of aliphatic carboxylic acids is 1. The Labute approximate surface area is 53.6 Å². The molecule has 54 valence electrons. The minimum Gasteiger partial charge on any atom is -0.481 e. The molecule has 0 amide bonds. The van der Waals surface area contributed by atoms with Crippen molar-refractivity contribution < 1.29 is 14.7 Å². The van der Waals surface area contributed by atoms with Gasteiger partial charge in [0.05, 0.1) is 13.0 Å². The molecule has 4 nitrogen and oxygen atoms in total. The Balaban J connectivity index is 3.26.